The van der Waals surface area contributed by atoms with Gasteiger partial charge < -0.3 is 10.1 Å². The fraction of sp³-hybridized carbons (Fsp3) is 0.250. The molecular weight excluding hydrogens is 293 g/mol. The van der Waals surface area contributed by atoms with E-state index in [9.17, 15) is 0 Å². The second-order valence-corrected chi connectivity index (χ2v) is 5.64. The van der Waals surface area contributed by atoms with Crippen molar-refractivity contribution in [1.29, 1.82) is 0 Å². The molecule has 1 aliphatic rings. The molecule has 1 atom stereocenters. The van der Waals surface area contributed by atoms with Crippen molar-refractivity contribution in [3.05, 3.63) is 69.7 Å². The quantitative estimate of drug-likeness (QED) is 0.919. The van der Waals surface area contributed by atoms with Gasteiger partial charge >= 0.3 is 0 Å². The fourth-order valence-electron chi connectivity index (χ4n) is 2.23. The minimum atomic E-state index is -0.186. The van der Waals surface area contributed by atoms with E-state index >= 15 is 0 Å². The first-order valence-electron chi connectivity index (χ1n) is 6.61. The minimum absolute atomic E-state index is 0.186. The highest BCUT2D eigenvalue weighted by Gasteiger charge is 2.26. The smallest absolute Gasteiger partial charge is 0.110 e. The van der Waals surface area contributed by atoms with Crippen LogP contribution in [0.3, 0.4) is 0 Å². The highest BCUT2D eigenvalue weighted by atomic mass is 35.5. The lowest BCUT2D eigenvalue weighted by Gasteiger charge is -2.32. The molecule has 20 heavy (non-hydrogen) atoms. The summed E-state index contributed by atoms with van der Waals surface area (Å²) in [5.41, 5.74) is 2.00. The van der Waals surface area contributed by atoms with Crippen LogP contribution in [-0.2, 0) is 4.74 Å². The molecule has 0 saturated carbocycles. The molecule has 4 heteroatoms. The van der Waals surface area contributed by atoms with Gasteiger partial charge in [0.2, 0.25) is 0 Å². The summed E-state index contributed by atoms with van der Waals surface area (Å²) < 4.78 is 6.19. The molecule has 2 aromatic rings. The molecule has 1 aliphatic heterocycles. The first-order chi connectivity index (χ1) is 9.75. The normalized spacial score (nSPS) is 16.7. The van der Waals surface area contributed by atoms with Crippen molar-refractivity contribution in [1.82, 2.24) is 5.32 Å². The maximum atomic E-state index is 6.35. The average molecular weight is 308 g/mol. The highest BCUT2D eigenvalue weighted by molar-refractivity contribution is 6.42. The Bertz CT molecular complexity index is 584. The molecule has 0 aromatic heterocycles. The lowest BCUT2D eigenvalue weighted by atomic mass is 10.0. The van der Waals surface area contributed by atoms with Crippen molar-refractivity contribution >= 4 is 23.2 Å². The van der Waals surface area contributed by atoms with Gasteiger partial charge in [-0.15, -0.1) is 0 Å². The van der Waals surface area contributed by atoms with Crippen LogP contribution < -0.4 is 5.32 Å². The van der Waals surface area contributed by atoms with Gasteiger partial charge in [-0.3, -0.25) is 0 Å². The number of hydrogen-bond acceptors (Lipinski definition) is 2. The van der Waals surface area contributed by atoms with E-state index in [4.69, 9.17) is 27.9 Å². The van der Waals surface area contributed by atoms with E-state index in [2.05, 4.69) is 5.32 Å². The van der Waals surface area contributed by atoms with Gasteiger partial charge in [-0.25, -0.2) is 0 Å². The molecule has 1 unspecified atom stereocenters. The SMILES string of the molecule is Clc1cccc(C(OC2CNC2)c2ccccc2)c1Cl. The van der Waals surface area contributed by atoms with Crippen LogP contribution in [0.25, 0.3) is 0 Å². The topological polar surface area (TPSA) is 21.3 Å². The predicted octanol–water partition coefficient (Wildman–Crippen LogP) is 4.07. The zero-order chi connectivity index (χ0) is 13.9. The number of nitrogens with one attached hydrogen (secondary N) is 1. The van der Waals surface area contributed by atoms with Crippen LogP contribution >= 0.6 is 23.2 Å². The first-order valence-corrected chi connectivity index (χ1v) is 7.36. The van der Waals surface area contributed by atoms with E-state index in [1.54, 1.807) is 6.07 Å². The van der Waals surface area contributed by atoms with Crippen LogP contribution in [0.2, 0.25) is 10.0 Å². The van der Waals surface area contributed by atoms with Gasteiger partial charge in [0.25, 0.3) is 0 Å². The molecule has 1 fully saturated rings. The highest BCUT2D eigenvalue weighted by Crippen LogP contribution is 2.36. The Morgan fingerprint density at radius 1 is 1.00 bits per heavy atom. The molecule has 2 aromatic carbocycles. The summed E-state index contributed by atoms with van der Waals surface area (Å²) in [5, 5.41) is 4.33. The molecule has 1 saturated heterocycles. The molecule has 0 spiro atoms. The summed E-state index contributed by atoms with van der Waals surface area (Å²) in [6, 6.07) is 15.8. The Balaban J connectivity index is 1.98. The molecular formula is C16H15Cl2NO. The first kappa shape index (κ1) is 13.9. The molecule has 2 nitrogen and oxygen atoms in total. The number of rotatable bonds is 4. The van der Waals surface area contributed by atoms with Gasteiger partial charge in [0, 0.05) is 18.7 Å². The summed E-state index contributed by atoms with van der Waals surface area (Å²) in [6.07, 6.45) is 0.0322. The molecule has 3 rings (SSSR count). The monoisotopic (exact) mass is 307 g/mol. The van der Waals surface area contributed by atoms with E-state index in [1.807, 2.05) is 42.5 Å². The van der Waals surface area contributed by atoms with Gasteiger partial charge in [-0.2, -0.15) is 0 Å². The third kappa shape index (κ3) is 2.84. The standard InChI is InChI=1S/C16H15Cl2NO/c17-14-8-4-7-13(15(14)18)16(20-12-9-19-10-12)11-5-2-1-3-6-11/h1-8,12,16,19H,9-10H2. The van der Waals surface area contributed by atoms with Crippen LogP contribution in [0.15, 0.2) is 48.5 Å². The molecule has 104 valence electrons. The molecule has 0 bridgehead atoms. The minimum Gasteiger partial charge on any atom is -0.363 e. The largest absolute Gasteiger partial charge is 0.363 e. The third-order valence-electron chi connectivity index (χ3n) is 3.44. The molecule has 0 aliphatic carbocycles. The average Bonchev–Trinajstić information content (AvgIpc) is 2.43. The zero-order valence-electron chi connectivity index (χ0n) is 10.9. The maximum absolute atomic E-state index is 6.35. The summed E-state index contributed by atoms with van der Waals surface area (Å²) in [6.45, 7) is 1.75. The van der Waals surface area contributed by atoms with Crippen LogP contribution in [0, 0.1) is 0 Å². The number of ether oxygens (including phenoxy) is 1. The Morgan fingerprint density at radius 3 is 2.40 bits per heavy atom. The number of hydrogen-bond donors (Lipinski definition) is 1. The molecule has 0 radical (unpaired) electrons. The maximum Gasteiger partial charge on any atom is 0.110 e. The Kier molecular flexibility index (Phi) is 4.27. The zero-order valence-corrected chi connectivity index (χ0v) is 12.4. The van der Waals surface area contributed by atoms with Crippen LogP contribution in [0.4, 0.5) is 0 Å². The van der Waals surface area contributed by atoms with Crippen molar-refractivity contribution in [3.8, 4) is 0 Å². The molecule has 1 N–H and O–H groups in total. The van der Waals surface area contributed by atoms with Gasteiger partial charge in [0.15, 0.2) is 0 Å². The van der Waals surface area contributed by atoms with Crippen LogP contribution in [-0.4, -0.2) is 19.2 Å². The Morgan fingerprint density at radius 2 is 1.75 bits per heavy atom. The van der Waals surface area contributed by atoms with E-state index in [1.165, 1.54) is 0 Å². The van der Waals surface area contributed by atoms with E-state index in [0.29, 0.717) is 10.0 Å². The van der Waals surface area contributed by atoms with E-state index in [-0.39, 0.29) is 12.2 Å². The predicted molar refractivity (Wildman–Crippen MR) is 82.5 cm³/mol. The van der Waals surface area contributed by atoms with Gasteiger partial charge in [-0.1, -0.05) is 65.7 Å². The molecule has 1 heterocycles. The van der Waals surface area contributed by atoms with Gasteiger partial charge in [-0.05, 0) is 11.6 Å². The lowest BCUT2D eigenvalue weighted by molar-refractivity contribution is -0.0201. The summed E-state index contributed by atoms with van der Waals surface area (Å²) in [4.78, 5) is 0. The van der Waals surface area contributed by atoms with Crippen molar-refractivity contribution < 1.29 is 4.74 Å². The van der Waals surface area contributed by atoms with Crippen molar-refractivity contribution in [2.24, 2.45) is 0 Å². The summed E-state index contributed by atoms with van der Waals surface area (Å²) in [7, 11) is 0. The van der Waals surface area contributed by atoms with Crippen LogP contribution in [0.5, 0.6) is 0 Å². The summed E-state index contributed by atoms with van der Waals surface area (Å²) in [5.74, 6) is 0. The number of halogens is 2. The molecule has 0 amide bonds. The van der Waals surface area contributed by atoms with Crippen LogP contribution in [0.1, 0.15) is 17.2 Å². The van der Waals surface area contributed by atoms with Crippen molar-refractivity contribution in [3.63, 3.8) is 0 Å². The van der Waals surface area contributed by atoms with Gasteiger partial charge in [0.1, 0.15) is 6.10 Å². The second-order valence-electron chi connectivity index (χ2n) is 4.85. The third-order valence-corrected chi connectivity index (χ3v) is 4.27. The van der Waals surface area contributed by atoms with Crippen molar-refractivity contribution in [2.45, 2.75) is 12.2 Å². The van der Waals surface area contributed by atoms with E-state index < -0.39 is 0 Å². The van der Waals surface area contributed by atoms with E-state index in [0.717, 1.165) is 24.2 Å². The number of benzene rings is 2. The fourth-order valence-corrected chi connectivity index (χ4v) is 2.64. The lowest BCUT2D eigenvalue weighted by Crippen LogP contribution is -2.49. The van der Waals surface area contributed by atoms with Crippen molar-refractivity contribution in [2.75, 3.05) is 13.1 Å². The Labute approximate surface area is 128 Å². The second kappa shape index (κ2) is 6.15. The Hall–Kier alpha value is -1.06. The summed E-state index contributed by atoms with van der Waals surface area (Å²) >= 11 is 12.5. The van der Waals surface area contributed by atoms with Gasteiger partial charge in [0.05, 0.1) is 16.1 Å².